The second-order valence-corrected chi connectivity index (χ2v) is 11.9. The summed E-state index contributed by atoms with van der Waals surface area (Å²) in [4.78, 5) is 16.1. The van der Waals surface area contributed by atoms with Crippen LogP contribution in [0.25, 0.3) is 0 Å². The first-order valence-corrected chi connectivity index (χ1v) is 14.8. The molecule has 0 radical (unpaired) electrons. The van der Waals surface area contributed by atoms with Gasteiger partial charge in [0.05, 0.1) is 18.2 Å². The number of carbonyl (C=O) groups excluding carboxylic acids is 1. The van der Waals surface area contributed by atoms with Crippen LogP contribution in [-0.4, -0.2) is 34.5 Å². The molecule has 0 bridgehead atoms. The molecule has 3 aromatic carbocycles. The number of rotatable bonds is 9. The van der Waals surface area contributed by atoms with Gasteiger partial charge in [-0.15, -0.1) is 0 Å². The van der Waals surface area contributed by atoms with Gasteiger partial charge in [-0.1, -0.05) is 88.4 Å². The van der Waals surface area contributed by atoms with Crippen LogP contribution >= 0.6 is 0 Å². The highest BCUT2D eigenvalue weighted by Crippen LogP contribution is 2.40. The van der Waals surface area contributed by atoms with Gasteiger partial charge in [0.2, 0.25) is 5.91 Å². The zero-order valence-electron chi connectivity index (χ0n) is 23.3. The molecule has 0 unspecified atom stereocenters. The first-order valence-electron chi connectivity index (χ1n) is 13.4. The summed E-state index contributed by atoms with van der Waals surface area (Å²) in [6, 6.07) is 22.8. The number of ether oxygens (including phenoxy) is 1. The van der Waals surface area contributed by atoms with E-state index in [-0.39, 0.29) is 11.8 Å². The van der Waals surface area contributed by atoms with Crippen molar-refractivity contribution in [1.82, 2.24) is 4.72 Å². The van der Waals surface area contributed by atoms with E-state index in [4.69, 9.17) is 8.92 Å². The predicted octanol–water partition coefficient (Wildman–Crippen LogP) is 5.92. The van der Waals surface area contributed by atoms with E-state index in [1.807, 2.05) is 100 Å². The lowest BCUT2D eigenvalue weighted by molar-refractivity contribution is -0.125. The lowest BCUT2D eigenvalue weighted by Gasteiger charge is -2.42. The molecule has 39 heavy (non-hydrogen) atoms. The molecule has 1 N–H and O–H groups in total. The third-order valence-corrected chi connectivity index (χ3v) is 8.36. The number of amides is 1. The molecular weight excluding hydrogens is 512 g/mol. The Hall–Kier alpha value is -3.52. The maximum atomic E-state index is 13.9. The van der Waals surface area contributed by atoms with E-state index in [0.29, 0.717) is 31.7 Å². The molecule has 1 saturated heterocycles. The van der Waals surface area contributed by atoms with Gasteiger partial charge >= 0.3 is 10.3 Å². The van der Waals surface area contributed by atoms with Crippen LogP contribution in [0.1, 0.15) is 69.1 Å². The summed E-state index contributed by atoms with van der Waals surface area (Å²) in [7, 11) is -2.81. The highest BCUT2D eigenvalue weighted by molar-refractivity contribution is 7.85. The standard InChI is InChI=1S/C31H38N2O5S/c1-22(2)25-14-11-15-26(23(3)4)29(25)38-39(35,36)32-30(34)31(24-12-7-6-8-13-24)18-20-33(21-19-31)27-16-9-10-17-28(27)37-5/h6-17,22-23H,18-21H2,1-5H3,(H,32,34). The van der Waals surface area contributed by atoms with Gasteiger partial charge in [-0.3, -0.25) is 4.79 Å². The van der Waals surface area contributed by atoms with Crippen LogP contribution in [-0.2, 0) is 20.5 Å². The van der Waals surface area contributed by atoms with Gasteiger partial charge in [0.1, 0.15) is 5.75 Å². The fraction of sp³-hybridized carbons (Fsp3) is 0.387. The second-order valence-electron chi connectivity index (χ2n) is 10.7. The van der Waals surface area contributed by atoms with E-state index in [0.717, 1.165) is 28.1 Å². The van der Waals surface area contributed by atoms with E-state index in [9.17, 15) is 13.2 Å². The highest BCUT2D eigenvalue weighted by Gasteiger charge is 2.45. The van der Waals surface area contributed by atoms with Crippen molar-refractivity contribution in [3.8, 4) is 11.5 Å². The Bertz CT molecular complexity index is 1370. The van der Waals surface area contributed by atoms with Crippen LogP contribution in [0.2, 0.25) is 0 Å². The maximum Gasteiger partial charge on any atom is 0.409 e. The topological polar surface area (TPSA) is 84.9 Å². The quantitative estimate of drug-likeness (QED) is 0.356. The van der Waals surface area contributed by atoms with Crippen LogP contribution in [0.4, 0.5) is 5.69 Å². The molecule has 208 valence electrons. The van der Waals surface area contributed by atoms with Crippen LogP contribution in [0.15, 0.2) is 72.8 Å². The largest absolute Gasteiger partial charge is 0.495 e. The molecule has 0 aromatic heterocycles. The summed E-state index contributed by atoms with van der Waals surface area (Å²) in [6.45, 7) is 9.04. The molecule has 1 aliphatic heterocycles. The Balaban J connectivity index is 1.63. The van der Waals surface area contributed by atoms with Crippen molar-refractivity contribution in [1.29, 1.82) is 0 Å². The Morgan fingerprint density at radius 1 is 0.846 bits per heavy atom. The molecule has 0 saturated carbocycles. The molecule has 1 amide bonds. The van der Waals surface area contributed by atoms with Gasteiger partial charge in [0.25, 0.3) is 0 Å². The highest BCUT2D eigenvalue weighted by atomic mass is 32.2. The molecule has 1 aliphatic rings. The summed E-state index contributed by atoms with van der Waals surface area (Å²) in [5.41, 5.74) is 2.26. The summed E-state index contributed by atoms with van der Waals surface area (Å²) in [5.74, 6) is 0.554. The van der Waals surface area contributed by atoms with Crippen molar-refractivity contribution >= 4 is 21.9 Å². The molecule has 4 rings (SSSR count). The molecule has 8 heteroatoms. The number of para-hydroxylation sites is 3. The first-order chi connectivity index (χ1) is 18.6. The zero-order valence-corrected chi connectivity index (χ0v) is 24.1. The van der Waals surface area contributed by atoms with Crippen molar-refractivity contribution in [2.24, 2.45) is 0 Å². The monoisotopic (exact) mass is 550 g/mol. The summed E-state index contributed by atoms with van der Waals surface area (Å²) < 4.78 is 40.2. The third kappa shape index (κ3) is 6.06. The van der Waals surface area contributed by atoms with E-state index in [2.05, 4.69) is 9.62 Å². The molecule has 1 heterocycles. The number of anilines is 1. The number of nitrogens with one attached hydrogen (secondary N) is 1. The van der Waals surface area contributed by atoms with E-state index < -0.39 is 21.6 Å². The molecule has 0 spiro atoms. The lowest BCUT2D eigenvalue weighted by Crippen LogP contribution is -2.53. The minimum atomic E-state index is -4.45. The van der Waals surface area contributed by atoms with Crippen molar-refractivity contribution in [2.45, 2.75) is 57.8 Å². The Morgan fingerprint density at radius 3 is 1.97 bits per heavy atom. The normalized spacial score (nSPS) is 15.3. The fourth-order valence-corrected chi connectivity index (χ4v) is 6.22. The van der Waals surface area contributed by atoms with Gasteiger partial charge in [-0.05, 0) is 53.5 Å². The van der Waals surface area contributed by atoms with Crippen LogP contribution in [0, 0.1) is 0 Å². The van der Waals surface area contributed by atoms with Gasteiger partial charge in [-0.2, -0.15) is 8.42 Å². The summed E-state index contributed by atoms with van der Waals surface area (Å²) in [6.07, 6.45) is 0.854. The number of benzene rings is 3. The number of methoxy groups -OCH3 is 1. The molecule has 0 atom stereocenters. The third-order valence-electron chi connectivity index (χ3n) is 7.53. The summed E-state index contributed by atoms with van der Waals surface area (Å²) in [5, 5.41) is 0. The van der Waals surface area contributed by atoms with Crippen LogP contribution in [0.3, 0.4) is 0 Å². The van der Waals surface area contributed by atoms with E-state index in [1.54, 1.807) is 7.11 Å². The van der Waals surface area contributed by atoms with Gasteiger partial charge < -0.3 is 13.8 Å². The number of hydrogen-bond acceptors (Lipinski definition) is 6. The number of nitrogens with zero attached hydrogens (tertiary/aromatic N) is 1. The number of carbonyl (C=O) groups is 1. The molecule has 3 aromatic rings. The Kier molecular flexibility index (Phi) is 8.54. The van der Waals surface area contributed by atoms with E-state index in [1.165, 1.54) is 0 Å². The average molecular weight is 551 g/mol. The molecule has 0 aliphatic carbocycles. The van der Waals surface area contributed by atoms with Crippen molar-refractivity contribution in [3.63, 3.8) is 0 Å². The Labute approximate surface area is 232 Å². The first kappa shape index (κ1) is 28.5. The Morgan fingerprint density at radius 2 is 1.41 bits per heavy atom. The molecule has 1 fully saturated rings. The number of hydrogen-bond donors (Lipinski definition) is 1. The lowest BCUT2D eigenvalue weighted by atomic mass is 9.72. The van der Waals surface area contributed by atoms with Gasteiger partial charge in [-0.25, -0.2) is 4.72 Å². The summed E-state index contributed by atoms with van der Waals surface area (Å²) >= 11 is 0. The minimum Gasteiger partial charge on any atom is -0.495 e. The van der Waals surface area contributed by atoms with Gasteiger partial charge in [0.15, 0.2) is 5.75 Å². The van der Waals surface area contributed by atoms with Crippen molar-refractivity contribution in [3.05, 3.63) is 89.5 Å². The van der Waals surface area contributed by atoms with E-state index >= 15 is 0 Å². The predicted molar refractivity (Wildman–Crippen MR) is 155 cm³/mol. The van der Waals surface area contributed by atoms with Crippen LogP contribution < -0.4 is 18.5 Å². The molecule has 7 nitrogen and oxygen atoms in total. The minimum absolute atomic E-state index is 0.0413. The van der Waals surface area contributed by atoms with Crippen LogP contribution in [0.5, 0.6) is 11.5 Å². The average Bonchev–Trinajstić information content (AvgIpc) is 2.92. The van der Waals surface area contributed by atoms with Crippen molar-refractivity contribution < 1.29 is 22.1 Å². The second kappa shape index (κ2) is 11.7. The van der Waals surface area contributed by atoms with Crippen molar-refractivity contribution in [2.75, 3.05) is 25.1 Å². The molecular formula is C31H38N2O5S. The number of piperidine rings is 1. The SMILES string of the molecule is COc1ccccc1N1CCC(C(=O)NS(=O)(=O)Oc2c(C(C)C)cccc2C(C)C)(c2ccccc2)CC1. The smallest absolute Gasteiger partial charge is 0.409 e. The maximum absolute atomic E-state index is 13.9. The van der Waals surface area contributed by atoms with Gasteiger partial charge in [0, 0.05) is 13.1 Å². The fourth-order valence-electron chi connectivity index (χ4n) is 5.35. The zero-order chi connectivity index (χ0) is 28.2.